The molecular weight excluding hydrogens is 316 g/mol. The van der Waals surface area contributed by atoms with Gasteiger partial charge in [-0.3, -0.25) is 20.4 Å². The predicted octanol–water partition coefficient (Wildman–Crippen LogP) is -0.267. The lowest BCUT2D eigenvalue weighted by Gasteiger charge is -2.31. The Kier molecular flexibility index (Phi) is 4.54. The van der Waals surface area contributed by atoms with E-state index in [9.17, 15) is 19.5 Å². The highest BCUT2D eigenvalue weighted by molar-refractivity contribution is 5.96. The van der Waals surface area contributed by atoms with Gasteiger partial charge in [-0.25, -0.2) is 0 Å². The molecule has 0 radical (unpaired) electrons. The monoisotopic (exact) mass is 333 g/mol. The van der Waals surface area contributed by atoms with Crippen molar-refractivity contribution < 1.29 is 29.0 Å². The number of hydrazine groups is 1. The van der Waals surface area contributed by atoms with Gasteiger partial charge in [0.25, 0.3) is 5.91 Å². The zero-order valence-corrected chi connectivity index (χ0v) is 12.9. The maximum Gasteiger partial charge on any atom is 0.269 e. The molecule has 1 fully saturated rings. The third-order valence-electron chi connectivity index (χ3n) is 4.34. The summed E-state index contributed by atoms with van der Waals surface area (Å²) in [5, 5.41) is 11.1. The zero-order chi connectivity index (χ0) is 17.1. The number of nitrogens with one attached hydrogen (secondary N) is 2. The highest BCUT2D eigenvalue weighted by atomic mass is 16.7. The van der Waals surface area contributed by atoms with Crippen molar-refractivity contribution in [2.24, 2.45) is 11.8 Å². The predicted molar refractivity (Wildman–Crippen MR) is 78.6 cm³/mol. The SMILES string of the molecule is O=C(NNC(=O)C1CCCCC1C(=O)[O-])c1ccc2c(c1)OCO2. The molecule has 1 saturated carbocycles. The van der Waals surface area contributed by atoms with Gasteiger partial charge in [0.1, 0.15) is 0 Å². The van der Waals surface area contributed by atoms with E-state index in [0.29, 0.717) is 29.9 Å². The molecule has 24 heavy (non-hydrogen) atoms. The summed E-state index contributed by atoms with van der Waals surface area (Å²) in [6, 6.07) is 4.65. The van der Waals surface area contributed by atoms with Gasteiger partial charge in [-0.15, -0.1) is 0 Å². The van der Waals surface area contributed by atoms with Gasteiger partial charge in [-0.2, -0.15) is 0 Å². The molecule has 8 heteroatoms. The molecule has 1 aromatic rings. The van der Waals surface area contributed by atoms with Crippen LogP contribution in [0, 0.1) is 11.8 Å². The van der Waals surface area contributed by atoms with Crippen molar-refractivity contribution in [2.75, 3.05) is 6.79 Å². The fraction of sp³-hybridized carbons (Fsp3) is 0.438. The van der Waals surface area contributed by atoms with Gasteiger partial charge in [0.2, 0.25) is 12.7 Å². The Labute approximate surface area is 138 Å². The van der Waals surface area contributed by atoms with Gasteiger partial charge in [-0.1, -0.05) is 12.8 Å². The second kappa shape index (κ2) is 6.77. The lowest BCUT2D eigenvalue weighted by atomic mass is 9.79. The fourth-order valence-electron chi connectivity index (χ4n) is 3.05. The minimum absolute atomic E-state index is 0.101. The van der Waals surface area contributed by atoms with Crippen LogP contribution in [0.2, 0.25) is 0 Å². The van der Waals surface area contributed by atoms with E-state index < -0.39 is 29.6 Å². The van der Waals surface area contributed by atoms with E-state index in [-0.39, 0.29) is 6.79 Å². The van der Waals surface area contributed by atoms with Gasteiger partial charge < -0.3 is 19.4 Å². The van der Waals surface area contributed by atoms with Crippen molar-refractivity contribution in [3.63, 3.8) is 0 Å². The maximum absolute atomic E-state index is 12.2. The van der Waals surface area contributed by atoms with Crippen molar-refractivity contribution in [2.45, 2.75) is 25.7 Å². The van der Waals surface area contributed by atoms with E-state index in [1.807, 2.05) is 0 Å². The van der Waals surface area contributed by atoms with Crippen molar-refractivity contribution in [1.29, 1.82) is 0 Å². The number of hydrogen-bond donors (Lipinski definition) is 2. The Bertz CT molecular complexity index is 675. The smallest absolute Gasteiger partial charge is 0.269 e. The van der Waals surface area contributed by atoms with Crippen LogP contribution in [0.25, 0.3) is 0 Å². The second-order valence-electron chi connectivity index (χ2n) is 5.83. The van der Waals surface area contributed by atoms with Crippen LogP contribution < -0.4 is 25.4 Å². The number of ether oxygens (including phenoxy) is 2. The largest absolute Gasteiger partial charge is 0.550 e. The number of carboxylic acids is 1. The first kappa shape index (κ1) is 16.1. The molecule has 2 atom stereocenters. The Hall–Kier alpha value is -2.77. The van der Waals surface area contributed by atoms with E-state index in [4.69, 9.17) is 9.47 Å². The van der Waals surface area contributed by atoms with Gasteiger partial charge in [-0.05, 0) is 31.0 Å². The Morgan fingerprint density at radius 2 is 1.71 bits per heavy atom. The molecule has 1 aromatic carbocycles. The summed E-state index contributed by atoms with van der Waals surface area (Å²) in [5.74, 6) is -2.77. The lowest BCUT2D eigenvalue weighted by molar-refractivity contribution is -0.314. The van der Waals surface area contributed by atoms with Crippen LogP contribution in [0.3, 0.4) is 0 Å². The topological polar surface area (TPSA) is 117 Å². The number of aliphatic carboxylic acids is 1. The molecule has 0 aromatic heterocycles. The molecule has 3 rings (SSSR count). The number of carboxylic acid groups (broad SMARTS) is 1. The van der Waals surface area contributed by atoms with Crippen molar-refractivity contribution in [3.8, 4) is 11.5 Å². The molecule has 2 aliphatic rings. The third kappa shape index (κ3) is 3.27. The minimum atomic E-state index is -1.23. The normalized spacial score (nSPS) is 21.8. The Morgan fingerprint density at radius 1 is 1.00 bits per heavy atom. The summed E-state index contributed by atoms with van der Waals surface area (Å²) in [7, 11) is 0. The molecule has 1 heterocycles. The summed E-state index contributed by atoms with van der Waals surface area (Å²) < 4.78 is 10.3. The average Bonchev–Trinajstić information content (AvgIpc) is 3.06. The summed E-state index contributed by atoms with van der Waals surface area (Å²) >= 11 is 0. The van der Waals surface area contributed by atoms with Crippen LogP contribution >= 0.6 is 0 Å². The molecule has 8 nitrogen and oxygen atoms in total. The second-order valence-corrected chi connectivity index (χ2v) is 5.83. The van der Waals surface area contributed by atoms with Crippen molar-refractivity contribution in [1.82, 2.24) is 10.9 Å². The van der Waals surface area contributed by atoms with Crippen LogP contribution in [-0.2, 0) is 9.59 Å². The number of rotatable bonds is 3. The Balaban J connectivity index is 1.59. The number of amides is 2. The first-order valence-corrected chi connectivity index (χ1v) is 7.77. The first-order valence-electron chi connectivity index (χ1n) is 7.77. The van der Waals surface area contributed by atoms with E-state index in [2.05, 4.69) is 10.9 Å². The summed E-state index contributed by atoms with van der Waals surface area (Å²) in [6.45, 7) is 0.101. The van der Waals surface area contributed by atoms with E-state index in [0.717, 1.165) is 12.8 Å². The summed E-state index contributed by atoms with van der Waals surface area (Å²) in [6.07, 6.45) is 2.41. The quantitative estimate of drug-likeness (QED) is 0.736. The standard InChI is InChI=1S/C16H18N2O6/c19-14(9-5-6-12-13(7-9)24-8-23-12)17-18-15(20)10-3-1-2-4-11(10)16(21)22/h5-7,10-11H,1-4,8H2,(H,17,19)(H,18,20)(H,21,22)/p-1. The molecule has 2 unspecified atom stereocenters. The summed E-state index contributed by atoms with van der Waals surface area (Å²) in [4.78, 5) is 35.4. The first-order chi connectivity index (χ1) is 11.6. The molecule has 1 aliphatic carbocycles. The van der Waals surface area contributed by atoms with Gasteiger partial charge >= 0.3 is 0 Å². The maximum atomic E-state index is 12.2. The summed E-state index contributed by atoms with van der Waals surface area (Å²) in [5.41, 5.74) is 4.89. The molecular formula is C16H17N2O6-. The van der Waals surface area contributed by atoms with E-state index >= 15 is 0 Å². The van der Waals surface area contributed by atoms with Crippen LogP contribution in [0.4, 0.5) is 0 Å². The van der Waals surface area contributed by atoms with Crippen LogP contribution in [-0.4, -0.2) is 24.6 Å². The molecule has 0 spiro atoms. The number of carbonyl (C=O) groups excluding carboxylic acids is 3. The van der Waals surface area contributed by atoms with Crippen LogP contribution in [0.1, 0.15) is 36.0 Å². The van der Waals surface area contributed by atoms with Crippen molar-refractivity contribution in [3.05, 3.63) is 23.8 Å². The number of hydrogen-bond acceptors (Lipinski definition) is 6. The zero-order valence-electron chi connectivity index (χ0n) is 12.9. The van der Waals surface area contributed by atoms with E-state index in [1.54, 1.807) is 12.1 Å². The highest BCUT2D eigenvalue weighted by Gasteiger charge is 2.32. The lowest BCUT2D eigenvalue weighted by Crippen LogP contribution is -2.49. The molecule has 128 valence electrons. The number of carbonyl (C=O) groups is 3. The fourth-order valence-corrected chi connectivity index (χ4v) is 3.05. The average molecular weight is 333 g/mol. The Morgan fingerprint density at radius 3 is 2.46 bits per heavy atom. The third-order valence-corrected chi connectivity index (χ3v) is 4.34. The highest BCUT2D eigenvalue weighted by Crippen LogP contribution is 2.32. The van der Waals surface area contributed by atoms with Gasteiger partial charge in [0.15, 0.2) is 11.5 Å². The molecule has 2 amide bonds. The van der Waals surface area contributed by atoms with Gasteiger partial charge in [0.05, 0.1) is 0 Å². The number of fused-ring (bicyclic) bond motifs is 1. The van der Waals surface area contributed by atoms with Crippen molar-refractivity contribution >= 4 is 17.8 Å². The molecule has 2 N–H and O–H groups in total. The van der Waals surface area contributed by atoms with E-state index in [1.165, 1.54) is 6.07 Å². The minimum Gasteiger partial charge on any atom is -0.550 e. The van der Waals surface area contributed by atoms with Crippen LogP contribution in [0.15, 0.2) is 18.2 Å². The van der Waals surface area contributed by atoms with Crippen LogP contribution in [0.5, 0.6) is 11.5 Å². The molecule has 0 bridgehead atoms. The number of benzene rings is 1. The molecule has 1 aliphatic heterocycles. The molecule has 0 saturated heterocycles. The van der Waals surface area contributed by atoms with Gasteiger partial charge in [0, 0.05) is 23.4 Å².